The fourth-order valence-electron chi connectivity index (χ4n) is 1.75. The van der Waals surface area contributed by atoms with Crippen LogP contribution in [0.4, 0.5) is 0 Å². The molecule has 5 nitrogen and oxygen atoms in total. The Morgan fingerprint density at radius 2 is 2.06 bits per heavy atom. The van der Waals surface area contributed by atoms with E-state index in [1.165, 1.54) is 0 Å². The second-order valence-electron chi connectivity index (χ2n) is 4.14. The number of rotatable bonds is 5. The molecule has 0 aromatic rings. The molecule has 1 rings (SSSR count). The van der Waals surface area contributed by atoms with Crippen LogP contribution in [0.2, 0.25) is 0 Å². The molecule has 0 bridgehead atoms. The van der Waals surface area contributed by atoms with Crippen molar-refractivity contribution in [1.29, 1.82) is 0 Å². The van der Waals surface area contributed by atoms with Gasteiger partial charge in [-0.15, -0.1) is 0 Å². The highest BCUT2D eigenvalue weighted by atomic mass is 32.2. The third-order valence-electron chi connectivity index (χ3n) is 2.75. The van der Waals surface area contributed by atoms with Crippen LogP contribution in [-0.4, -0.2) is 52.4 Å². The van der Waals surface area contributed by atoms with E-state index in [4.69, 9.17) is 0 Å². The van der Waals surface area contributed by atoms with E-state index in [0.717, 1.165) is 6.42 Å². The number of sulfone groups is 2. The standard InChI is InChI=1S/C9H19NO4S2/c1-2-15(11,12)7-5-10-9-4-3-6-16(13,14)8-9/h9-10H,2-8H2,1H3. The largest absolute Gasteiger partial charge is 0.312 e. The Balaban J connectivity index is 2.34. The van der Waals surface area contributed by atoms with E-state index in [-0.39, 0.29) is 29.1 Å². The van der Waals surface area contributed by atoms with Crippen LogP contribution in [0.1, 0.15) is 19.8 Å². The summed E-state index contributed by atoms with van der Waals surface area (Å²) in [4.78, 5) is 0. The van der Waals surface area contributed by atoms with Gasteiger partial charge >= 0.3 is 0 Å². The molecule has 1 heterocycles. The number of hydrogen-bond acceptors (Lipinski definition) is 5. The van der Waals surface area contributed by atoms with Crippen molar-refractivity contribution in [3.05, 3.63) is 0 Å². The lowest BCUT2D eigenvalue weighted by Crippen LogP contribution is -2.42. The predicted octanol–water partition coefficient (Wildman–Crippen LogP) is -0.412. The van der Waals surface area contributed by atoms with E-state index in [1.807, 2.05) is 0 Å². The Labute approximate surface area is 97.5 Å². The summed E-state index contributed by atoms with van der Waals surface area (Å²) in [5.74, 6) is 0.620. The summed E-state index contributed by atoms with van der Waals surface area (Å²) < 4.78 is 45.1. The molecule has 0 aromatic carbocycles. The van der Waals surface area contributed by atoms with E-state index in [1.54, 1.807) is 6.92 Å². The first-order valence-electron chi connectivity index (χ1n) is 5.49. The maximum Gasteiger partial charge on any atom is 0.151 e. The normalized spacial score (nSPS) is 25.4. The summed E-state index contributed by atoms with van der Waals surface area (Å²) in [5.41, 5.74) is 0. The van der Waals surface area contributed by atoms with Crippen molar-refractivity contribution in [2.24, 2.45) is 0 Å². The second-order valence-corrected chi connectivity index (χ2v) is 8.85. The maximum atomic E-state index is 11.3. The molecule has 16 heavy (non-hydrogen) atoms. The molecule has 0 aliphatic carbocycles. The van der Waals surface area contributed by atoms with Crippen LogP contribution in [0, 0.1) is 0 Å². The molecule has 1 aliphatic heterocycles. The van der Waals surface area contributed by atoms with Crippen LogP contribution in [0.3, 0.4) is 0 Å². The Bertz CT molecular complexity index is 413. The molecule has 1 unspecified atom stereocenters. The summed E-state index contributed by atoms with van der Waals surface area (Å²) in [6.45, 7) is 1.96. The first-order valence-corrected chi connectivity index (χ1v) is 9.13. The van der Waals surface area contributed by atoms with Crippen molar-refractivity contribution in [2.45, 2.75) is 25.8 Å². The molecule has 1 N–H and O–H groups in total. The zero-order valence-corrected chi connectivity index (χ0v) is 11.1. The minimum absolute atomic E-state index is 0.0780. The number of hydrogen-bond donors (Lipinski definition) is 1. The van der Waals surface area contributed by atoms with E-state index < -0.39 is 19.7 Å². The highest BCUT2D eigenvalue weighted by molar-refractivity contribution is 7.91. The molecular formula is C9H19NO4S2. The molecule has 0 amide bonds. The van der Waals surface area contributed by atoms with Gasteiger partial charge in [-0.2, -0.15) is 0 Å². The third-order valence-corrected chi connectivity index (χ3v) is 6.28. The smallest absolute Gasteiger partial charge is 0.151 e. The van der Waals surface area contributed by atoms with Crippen molar-refractivity contribution >= 4 is 19.7 Å². The number of nitrogens with one attached hydrogen (secondary N) is 1. The summed E-state index contributed by atoms with van der Waals surface area (Å²) in [5, 5.41) is 3.01. The van der Waals surface area contributed by atoms with E-state index in [9.17, 15) is 16.8 Å². The van der Waals surface area contributed by atoms with Gasteiger partial charge in [-0.05, 0) is 12.8 Å². The lowest BCUT2D eigenvalue weighted by atomic mass is 10.2. The minimum atomic E-state index is -2.96. The molecule has 0 saturated carbocycles. The first-order chi connectivity index (χ1) is 7.35. The topological polar surface area (TPSA) is 80.3 Å². The first kappa shape index (κ1) is 13.9. The molecule has 0 radical (unpaired) electrons. The second kappa shape index (κ2) is 5.46. The van der Waals surface area contributed by atoms with Gasteiger partial charge in [-0.1, -0.05) is 6.92 Å². The lowest BCUT2D eigenvalue weighted by Gasteiger charge is -2.22. The van der Waals surface area contributed by atoms with Crippen molar-refractivity contribution < 1.29 is 16.8 Å². The summed E-state index contributed by atoms with van der Waals surface area (Å²) in [6, 6.07) is -0.0780. The van der Waals surface area contributed by atoms with Gasteiger partial charge < -0.3 is 5.32 Å². The summed E-state index contributed by atoms with van der Waals surface area (Å²) in [6.07, 6.45) is 1.48. The quantitative estimate of drug-likeness (QED) is 0.734. The lowest BCUT2D eigenvalue weighted by molar-refractivity contribution is 0.490. The fourth-order valence-corrected chi connectivity index (χ4v) is 4.13. The molecule has 96 valence electrons. The maximum absolute atomic E-state index is 11.3. The van der Waals surface area contributed by atoms with Gasteiger partial charge in [0.1, 0.15) is 0 Å². The zero-order valence-electron chi connectivity index (χ0n) is 9.48. The highest BCUT2D eigenvalue weighted by Gasteiger charge is 2.24. The van der Waals surface area contributed by atoms with Crippen molar-refractivity contribution in [3.8, 4) is 0 Å². The van der Waals surface area contributed by atoms with Gasteiger partial charge in [-0.3, -0.25) is 0 Å². The van der Waals surface area contributed by atoms with Gasteiger partial charge in [0.05, 0.1) is 17.3 Å². The van der Waals surface area contributed by atoms with Crippen LogP contribution in [-0.2, 0) is 19.7 Å². The van der Waals surface area contributed by atoms with Crippen LogP contribution < -0.4 is 5.32 Å². The van der Waals surface area contributed by atoms with Crippen LogP contribution in [0.5, 0.6) is 0 Å². The Morgan fingerprint density at radius 1 is 1.38 bits per heavy atom. The highest BCUT2D eigenvalue weighted by Crippen LogP contribution is 2.11. The van der Waals surface area contributed by atoms with Crippen molar-refractivity contribution in [3.63, 3.8) is 0 Å². The average molecular weight is 269 g/mol. The van der Waals surface area contributed by atoms with Crippen LogP contribution in [0.25, 0.3) is 0 Å². The predicted molar refractivity (Wildman–Crippen MR) is 64.0 cm³/mol. The molecule has 0 spiro atoms. The van der Waals surface area contributed by atoms with E-state index in [0.29, 0.717) is 13.0 Å². The van der Waals surface area contributed by atoms with E-state index >= 15 is 0 Å². The third kappa shape index (κ3) is 4.80. The molecule has 7 heteroatoms. The molecule has 1 saturated heterocycles. The van der Waals surface area contributed by atoms with Gasteiger partial charge in [0, 0.05) is 18.3 Å². The van der Waals surface area contributed by atoms with Gasteiger partial charge in [0.2, 0.25) is 0 Å². The van der Waals surface area contributed by atoms with Crippen LogP contribution >= 0.6 is 0 Å². The average Bonchev–Trinajstić information content (AvgIpc) is 2.16. The summed E-state index contributed by atoms with van der Waals surface area (Å²) >= 11 is 0. The minimum Gasteiger partial charge on any atom is -0.312 e. The van der Waals surface area contributed by atoms with Crippen molar-refractivity contribution in [1.82, 2.24) is 5.32 Å². The molecule has 1 aliphatic rings. The van der Waals surface area contributed by atoms with Gasteiger partial charge in [-0.25, -0.2) is 16.8 Å². The summed E-state index contributed by atoms with van der Waals surface area (Å²) in [7, 11) is -5.88. The van der Waals surface area contributed by atoms with E-state index in [2.05, 4.69) is 5.32 Å². The van der Waals surface area contributed by atoms with Gasteiger partial charge in [0.25, 0.3) is 0 Å². The molecule has 1 fully saturated rings. The fraction of sp³-hybridized carbons (Fsp3) is 1.00. The Kier molecular flexibility index (Phi) is 4.75. The molecule has 1 atom stereocenters. The monoisotopic (exact) mass is 269 g/mol. The molecular weight excluding hydrogens is 250 g/mol. The zero-order chi connectivity index (χ0) is 12.2. The Hall–Kier alpha value is -0.140. The molecule has 0 aromatic heterocycles. The van der Waals surface area contributed by atoms with Crippen LogP contribution in [0.15, 0.2) is 0 Å². The Morgan fingerprint density at radius 3 is 2.62 bits per heavy atom. The van der Waals surface area contributed by atoms with Crippen molar-refractivity contribution in [2.75, 3.05) is 29.6 Å². The SMILES string of the molecule is CCS(=O)(=O)CCNC1CCCS(=O)(=O)C1. The van der Waals surface area contributed by atoms with Gasteiger partial charge in [0.15, 0.2) is 19.7 Å².